The average Bonchev–Trinajstić information content (AvgIpc) is 2.22. The molecule has 0 saturated heterocycles. The van der Waals surface area contributed by atoms with Crippen LogP contribution in [0.5, 0.6) is 0 Å². The fraction of sp³-hybridized carbons (Fsp3) is 0.571. The first-order valence-corrected chi connectivity index (χ1v) is 6.58. The van der Waals surface area contributed by atoms with Crippen molar-refractivity contribution in [2.75, 3.05) is 6.54 Å². The maximum atomic E-state index is 13.6. The van der Waals surface area contributed by atoms with Crippen molar-refractivity contribution < 1.29 is 9.50 Å². The van der Waals surface area contributed by atoms with Crippen LogP contribution in [0.25, 0.3) is 0 Å². The van der Waals surface area contributed by atoms with Crippen molar-refractivity contribution >= 4 is 11.6 Å². The van der Waals surface area contributed by atoms with E-state index in [-0.39, 0.29) is 12.2 Å². The molecule has 1 unspecified atom stereocenters. The van der Waals surface area contributed by atoms with E-state index >= 15 is 0 Å². The fourth-order valence-electron chi connectivity index (χ4n) is 1.81. The molecule has 0 aliphatic heterocycles. The zero-order valence-electron chi connectivity index (χ0n) is 11.1. The van der Waals surface area contributed by atoms with Gasteiger partial charge in [-0.2, -0.15) is 0 Å². The minimum Gasteiger partial charge on any atom is -0.390 e. The number of rotatable bonds is 6. The second-order valence-electron chi connectivity index (χ2n) is 5.27. The molecule has 102 valence electrons. The predicted molar refractivity (Wildman–Crippen MR) is 73.5 cm³/mol. The van der Waals surface area contributed by atoms with Gasteiger partial charge in [0.1, 0.15) is 5.82 Å². The Morgan fingerprint density at radius 2 is 2.11 bits per heavy atom. The standard InChI is InChI=1S/C14H21ClFNO/c1-10(2)17-7-6-14(3,18)9-11-8-12(15)4-5-13(11)16/h4-5,8,10,17-18H,6-7,9H2,1-3H3. The molecule has 0 fully saturated rings. The maximum absolute atomic E-state index is 13.6. The number of nitrogens with one attached hydrogen (secondary N) is 1. The van der Waals surface area contributed by atoms with Gasteiger partial charge in [0.2, 0.25) is 0 Å². The molecule has 1 atom stereocenters. The van der Waals surface area contributed by atoms with Gasteiger partial charge in [-0.25, -0.2) is 4.39 Å². The van der Waals surface area contributed by atoms with Crippen LogP contribution >= 0.6 is 11.6 Å². The summed E-state index contributed by atoms with van der Waals surface area (Å²) in [5.74, 6) is -0.323. The highest BCUT2D eigenvalue weighted by Crippen LogP contribution is 2.22. The smallest absolute Gasteiger partial charge is 0.126 e. The Bertz CT molecular complexity index is 393. The molecule has 2 N–H and O–H groups in total. The van der Waals surface area contributed by atoms with E-state index in [0.29, 0.717) is 29.6 Å². The molecule has 0 saturated carbocycles. The van der Waals surface area contributed by atoms with Gasteiger partial charge in [-0.05, 0) is 43.7 Å². The van der Waals surface area contributed by atoms with Crippen LogP contribution < -0.4 is 5.32 Å². The van der Waals surface area contributed by atoms with Crippen LogP contribution in [0, 0.1) is 5.82 Å². The maximum Gasteiger partial charge on any atom is 0.126 e. The first-order chi connectivity index (χ1) is 8.30. The minimum absolute atomic E-state index is 0.263. The van der Waals surface area contributed by atoms with E-state index in [2.05, 4.69) is 5.32 Å². The van der Waals surface area contributed by atoms with Crippen molar-refractivity contribution in [1.29, 1.82) is 0 Å². The summed E-state index contributed by atoms with van der Waals surface area (Å²) in [6.45, 7) is 6.51. The largest absolute Gasteiger partial charge is 0.390 e. The van der Waals surface area contributed by atoms with E-state index in [0.717, 1.165) is 0 Å². The summed E-state index contributed by atoms with van der Waals surface area (Å²) in [5.41, 5.74) is -0.481. The lowest BCUT2D eigenvalue weighted by molar-refractivity contribution is 0.0502. The van der Waals surface area contributed by atoms with E-state index < -0.39 is 5.60 Å². The average molecular weight is 274 g/mol. The highest BCUT2D eigenvalue weighted by Gasteiger charge is 2.22. The molecule has 1 aromatic rings. The van der Waals surface area contributed by atoms with Gasteiger partial charge >= 0.3 is 0 Å². The van der Waals surface area contributed by atoms with Gasteiger partial charge in [-0.3, -0.25) is 0 Å². The quantitative estimate of drug-likeness (QED) is 0.834. The number of hydrogen-bond acceptors (Lipinski definition) is 2. The summed E-state index contributed by atoms with van der Waals surface area (Å²) >= 11 is 5.83. The molecule has 1 aromatic carbocycles. The highest BCUT2D eigenvalue weighted by atomic mass is 35.5. The molecular formula is C14H21ClFNO. The molecular weight excluding hydrogens is 253 g/mol. The third-order valence-electron chi connectivity index (χ3n) is 2.80. The molecule has 0 heterocycles. The molecule has 0 radical (unpaired) electrons. The van der Waals surface area contributed by atoms with Crippen molar-refractivity contribution in [1.82, 2.24) is 5.32 Å². The highest BCUT2D eigenvalue weighted by molar-refractivity contribution is 6.30. The van der Waals surface area contributed by atoms with Crippen molar-refractivity contribution in [3.8, 4) is 0 Å². The normalized spacial score (nSPS) is 14.8. The van der Waals surface area contributed by atoms with E-state index in [1.54, 1.807) is 13.0 Å². The van der Waals surface area contributed by atoms with Crippen LogP contribution in [-0.2, 0) is 6.42 Å². The van der Waals surface area contributed by atoms with Crippen LogP contribution in [0.3, 0.4) is 0 Å². The van der Waals surface area contributed by atoms with Crippen LogP contribution in [-0.4, -0.2) is 23.3 Å². The summed E-state index contributed by atoms with van der Waals surface area (Å²) in [4.78, 5) is 0. The van der Waals surface area contributed by atoms with Crippen molar-refractivity contribution in [2.24, 2.45) is 0 Å². The number of benzene rings is 1. The van der Waals surface area contributed by atoms with Gasteiger partial charge in [-0.15, -0.1) is 0 Å². The molecule has 0 aliphatic rings. The van der Waals surface area contributed by atoms with E-state index in [4.69, 9.17) is 11.6 Å². The van der Waals surface area contributed by atoms with Crippen molar-refractivity contribution in [2.45, 2.75) is 45.3 Å². The van der Waals surface area contributed by atoms with Crippen LogP contribution in [0.15, 0.2) is 18.2 Å². The van der Waals surface area contributed by atoms with Crippen LogP contribution in [0.1, 0.15) is 32.8 Å². The summed E-state index contributed by atoms with van der Waals surface area (Å²) in [6, 6.07) is 4.79. The molecule has 0 aromatic heterocycles. The third kappa shape index (κ3) is 5.34. The Morgan fingerprint density at radius 3 is 2.72 bits per heavy atom. The molecule has 0 spiro atoms. The molecule has 4 heteroatoms. The van der Waals surface area contributed by atoms with Crippen LogP contribution in [0.2, 0.25) is 5.02 Å². The van der Waals surface area contributed by atoms with Gasteiger partial charge in [0.05, 0.1) is 5.60 Å². The molecule has 0 bridgehead atoms. The fourth-order valence-corrected chi connectivity index (χ4v) is 2.00. The number of halogens is 2. The van der Waals surface area contributed by atoms with E-state index in [9.17, 15) is 9.50 Å². The summed E-state index contributed by atoms with van der Waals surface area (Å²) in [7, 11) is 0. The topological polar surface area (TPSA) is 32.3 Å². The molecule has 1 rings (SSSR count). The zero-order chi connectivity index (χ0) is 13.8. The lowest BCUT2D eigenvalue weighted by Gasteiger charge is -2.24. The third-order valence-corrected chi connectivity index (χ3v) is 3.03. The van der Waals surface area contributed by atoms with Gasteiger partial charge < -0.3 is 10.4 Å². The van der Waals surface area contributed by atoms with Crippen LogP contribution in [0.4, 0.5) is 4.39 Å². The molecule has 0 aliphatic carbocycles. The number of aliphatic hydroxyl groups is 1. The zero-order valence-corrected chi connectivity index (χ0v) is 11.9. The minimum atomic E-state index is -0.937. The second kappa shape index (κ2) is 6.50. The second-order valence-corrected chi connectivity index (χ2v) is 5.70. The van der Waals surface area contributed by atoms with Gasteiger partial charge in [0.15, 0.2) is 0 Å². The predicted octanol–water partition coefficient (Wildman–Crippen LogP) is 3.16. The summed E-state index contributed by atoms with van der Waals surface area (Å²) < 4.78 is 13.6. The number of hydrogen-bond donors (Lipinski definition) is 2. The monoisotopic (exact) mass is 273 g/mol. The molecule has 0 amide bonds. The van der Waals surface area contributed by atoms with E-state index in [1.807, 2.05) is 13.8 Å². The first kappa shape index (κ1) is 15.4. The van der Waals surface area contributed by atoms with Crippen molar-refractivity contribution in [3.63, 3.8) is 0 Å². The lowest BCUT2D eigenvalue weighted by atomic mass is 9.93. The van der Waals surface area contributed by atoms with Gasteiger partial charge in [0.25, 0.3) is 0 Å². The summed E-state index contributed by atoms with van der Waals surface area (Å²) in [5, 5.41) is 14.0. The molecule has 18 heavy (non-hydrogen) atoms. The Kier molecular flexibility index (Phi) is 5.57. The Hall–Kier alpha value is -0.640. The Balaban J connectivity index is 2.61. The lowest BCUT2D eigenvalue weighted by Crippen LogP contribution is -2.34. The Labute approximate surface area is 113 Å². The molecule has 2 nitrogen and oxygen atoms in total. The van der Waals surface area contributed by atoms with Gasteiger partial charge in [-0.1, -0.05) is 25.4 Å². The Morgan fingerprint density at radius 1 is 1.44 bits per heavy atom. The first-order valence-electron chi connectivity index (χ1n) is 6.20. The SMILES string of the molecule is CC(C)NCCC(C)(O)Cc1cc(Cl)ccc1F. The summed E-state index contributed by atoms with van der Waals surface area (Å²) in [6.07, 6.45) is 0.830. The van der Waals surface area contributed by atoms with Crippen molar-refractivity contribution in [3.05, 3.63) is 34.6 Å². The van der Waals surface area contributed by atoms with Gasteiger partial charge in [0, 0.05) is 17.5 Å². The van der Waals surface area contributed by atoms with E-state index in [1.165, 1.54) is 12.1 Å².